The number of hydrogen-bond acceptors (Lipinski definition) is 4. The topological polar surface area (TPSA) is 61.2 Å². The molecule has 1 aliphatic carbocycles. The highest BCUT2D eigenvalue weighted by Crippen LogP contribution is 2.29. The van der Waals surface area contributed by atoms with Crippen molar-refractivity contribution in [3.05, 3.63) is 46.7 Å². The Labute approximate surface area is 117 Å². The van der Waals surface area contributed by atoms with Gasteiger partial charge in [-0.1, -0.05) is 24.3 Å². The molecule has 3 rings (SSSR count). The fourth-order valence-corrected chi connectivity index (χ4v) is 2.89. The van der Waals surface area contributed by atoms with Crippen molar-refractivity contribution in [3.8, 4) is 6.07 Å². The number of fused-ring (bicyclic) bond motifs is 1. The van der Waals surface area contributed by atoms with E-state index in [0.717, 1.165) is 32.4 Å². The molecule has 20 heavy (non-hydrogen) atoms. The van der Waals surface area contributed by atoms with Crippen molar-refractivity contribution in [3.63, 3.8) is 0 Å². The monoisotopic (exact) mass is 266 g/mol. The zero-order valence-electron chi connectivity index (χ0n) is 11.1. The summed E-state index contributed by atoms with van der Waals surface area (Å²) in [5.74, 6) is -0.526. The van der Waals surface area contributed by atoms with Crippen LogP contribution < -0.4 is 0 Å². The number of nitriles is 1. The summed E-state index contributed by atoms with van der Waals surface area (Å²) in [7, 11) is 0. The number of benzene rings is 1. The molecule has 100 valence electrons. The number of carbonyl (C=O) groups is 2. The maximum Gasteiger partial charge on any atom is 0.211 e. The Hall–Kier alpha value is -2.41. The Bertz CT molecular complexity index is 661. The molecule has 4 heteroatoms. The first kappa shape index (κ1) is 12.6. The van der Waals surface area contributed by atoms with Gasteiger partial charge in [0.05, 0.1) is 0 Å². The van der Waals surface area contributed by atoms with Crippen LogP contribution in [0.1, 0.15) is 40.0 Å². The van der Waals surface area contributed by atoms with E-state index in [4.69, 9.17) is 0 Å². The van der Waals surface area contributed by atoms with Crippen molar-refractivity contribution in [2.45, 2.75) is 19.3 Å². The first-order valence-electron chi connectivity index (χ1n) is 6.82. The van der Waals surface area contributed by atoms with Crippen LogP contribution in [0.2, 0.25) is 0 Å². The Balaban J connectivity index is 2.13. The van der Waals surface area contributed by atoms with Crippen LogP contribution in [-0.4, -0.2) is 29.6 Å². The Morgan fingerprint density at radius 3 is 2.15 bits per heavy atom. The van der Waals surface area contributed by atoms with Crippen LogP contribution in [0, 0.1) is 11.3 Å². The molecule has 0 saturated carbocycles. The van der Waals surface area contributed by atoms with Crippen LogP contribution in [0.5, 0.6) is 0 Å². The Morgan fingerprint density at radius 1 is 0.950 bits per heavy atom. The van der Waals surface area contributed by atoms with Gasteiger partial charge in [0.2, 0.25) is 11.6 Å². The van der Waals surface area contributed by atoms with Crippen LogP contribution in [0.25, 0.3) is 0 Å². The van der Waals surface area contributed by atoms with Gasteiger partial charge in [-0.05, 0) is 19.3 Å². The van der Waals surface area contributed by atoms with Gasteiger partial charge in [-0.15, -0.1) is 0 Å². The van der Waals surface area contributed by atoms with E-state index in [0.29, 0.717) is 16.8 Å². The highest BCUT2D eigenvalue weighted by molar-refractivity contribution is 6.28. The van der Waals surface area contributed by atoms with Gasteiger partial charge >= 0.3 is 0 Å². The highest BCUT2D eigenvalue weighted by Gasteiger charge is 2.35. The second kappa shape index (κ2) is 4.93. The molecule has 1 aliphatic heterocycles. The van der Waals surface area contributed by atoms with Gasteiger partial charge in [-0.2, -0.15) is 5.26 Å². The third-order valence-corrected chi connectivity index (χ3v) is 3.88. The van der Waals surface area contributed by atoms with Gasteiger partial charge in [-0.3, -0.25) is 9.59 Å². The molecule has 2 aliphatic rings. The van der Waals surface area contributed by atoms with Crippen LogP contribution in [-0.2, 0) is 0 Å². The van der Waals surface area contributed by atoms with Crippen molar-refractivity contribution in [2.24, 2.45) is 0 Å². The number of rotatable bonds is 1. The van der Waals surface area contributed by atoms with E-state index in [-0.39, 0.29) is 17.1 Å². The minimum atomic E-state index is -0.330. The standard InChI is InChI=1S/C16H14N2O2/c17-10-13-14(18-8-4-1-5-9-18)16(20)12-7-3-2-6-11(12)15(13)19/h2-3,6-7H,1,4-5,8-9H2. The molecular weight excluding hydrogens is 252 g/mol. The maximum atomic E-state index is 12.6. The number of hydrogen-bond donors (Lipinski definition) is 0. The second-order valence-electron chi connectivity index (χ2n) is 5.09. The zero-order chi connectivity index (χ0) is 14.1. The van der Waals surface area contributed by atoms with Crippen LogP contribution in [0.3, 0.4) is 0 Å². The predicted molar refractivity (Wildman–Crippen MR) is 73.2 cm³/mol. The molecule has 0 unspecified atom stereocenters. The van der Waals surface area contributed by atoms with E-state index in [1.807, 2.05) is 11.0 Å². The SMILES string of the molecule is N#CC1=C(N2CCCCC2)C(=O)c2ccccc2C1=O. The minimum Gasteiger partial charge on any atom is -0.367 e. The van der Waals surface area contributed by atoms with Crippen molar-refractivity contribution in [2.75, 3.05) is 13.1 Å². The number of allylic oxidation sites excluding steroid dienone is 2. The van der Waals surface area contributed by atoms with Crippen molar-refractivity contribution >= 4 is 11.6 Å². The quantitative estimate of drug-likeness (QED) is 0.782. The molecule has 0 radical (unpaired) electrons. The predicted octanol–water partition coefficient (Wildman–Crippen LogP) is 2.33. The van der Waals surface area contributed by atoms with Crippen molar-refractivity contribution in [1.82, 2.24) is 4.90 Å². The first-order valence-corrected chi connectivity index (χ1v) is 6.82. The molecule has 0 bridgehead atoms. The average molecular weight is 266 g/mol. The third-order valence-electron chi connectivity index (χ3n) is 3.88. The molecule has 0 N–H and O–H groups in total. The summed E-state index contributed by atoms with van der Waals surface area (Å²) in [5.41, 5.74) is 1.05. The zero-order valence-corrected chi connectivity index (χ0v) is 11.1. The van der Waals surface area contributed by atoms with E-state index in [9.17, 15) is 14.9 Å². The summed E-state index contributed by atoms with van der Waals surface area (Å²) in [6.45, 7) is 1.48. The lowest BCUT2D eigenvalue weighted by Crippen LogP contribution is -2.37. The fraction of sp³-hybridized carbons (Fsp3) is 0.312. The number of piperidine rings is 1. The maximum absolute atomic E-state index is 12.6. The number of ketones is 2. The van der Waals surface area contributed by atoms with Gasteiger partial charge in [0.15, 0.2) is 0 Å². The molecule has 1 saturated heterocycles. The smallest absolute Gasteiger partial charge is 0.211 e. The van der Waals surface area contributed by atoms with E-state index >= 15 is 0 Å². The molecule has 1 aromatic rings. The van der Waals surface area contributed by atoms with E-state index in [1.54, 1.807) is 24.3 Å². The van der Waals surface area contributed by atoms with Crippen LogP contribution >= 0.6 is 0 Å². The van der Waals surface area contributed by atoms with Crippen LogP contribution in [0.4, 0.5) is 0 Å². The molecule has 1 aromatic carbocycles. The van der Waals surface area contributed by atoms with Crippen LogP contribution in [0.15, 0.2) is 35.5 Å². The van der Waals surface area contributed by atoms with Gasteiger partial charge in [-0.25, -0.2) is 0 Å². The van der Waals surface area contributed by atoms with Gasteiger partial charge in [0.1, 0.15) is 17.3 Å². The summed E-state index contributed by atoms with van der Waals surface area (Å²) >= 11 is 0. The lowest BCUT2D eigenvalue weighted by molar-refractivity contribution is 0.0937. The summed E-state index contributed by atoms with van der Waals surface area (Å²) < 4.78 is 0. The Kier molecular flexibility index (Phi) is 3.11. The highest BCUT2D eigenvalue weighted by atomic mass is 16.1. The number of nitrogens with zero attached hydrogens (tertiary/aromatic N) is 2. The van der Waals surface area contributed by atoms with Crippen molar-refractivity contribution < 1.29 is 9.59 Å². The molecule has 4 nitrogen and oxygen atoms in total. The lowest BCUT2D eigenvalue weighted by atomic mass is 9.86. The second-order valence-corrected chi connectivity index (χ2v) is 5.09. The molecule has 1 heterocycles. The molecular formula is C16H14N2O2. The molecule has 0 spiro atoms. The third kappa shape index (κ3) is 1.83. The minimum absolute atomic E-state index is 0.00407. The molecule has 0 atom stereocenters. The first-order chi connectivity index (χ1) is 9.74. The van der Waals surface area contributed by atoms with Gasteiger partial charge < -0.3 is 4.90 Å². The Morgan fingerprint density at radius 2 is 1.55 bits per heavy atom. The van der Waals surface area contributed by atoms with E-state index < -0.39 is 0 Å². The number of likely N-dealkylation sites (tertiary alicyclic amines) is 1. The summed E-state index contributed by atoms with van der Waals surface area (Å²) in [4.78, 5) is 26.9. The molecule has 1 fully saturated rings. The fourth-order valence-electron chi connectivity index (χ4n) is 2.89. The van der Waals surface area contributed by atoms with E-state index in [2.05, 4.69) is 0 Å². The van der Waals surface area contributed by atoms with E-state index in [1.165, 1.54) is 0 Å². The average Bonchev–Trinajstić information content (AvgIpc) is 2.51. The lowest BCUT2D eigenvalue weighted by Gasteiger charge is -2.32. The van der Waals surface area contributed by atoms with Gasteiger partial charge in [0, 0.05) is 24.2 Å². The van der Waals surface area contributed by atoms with Gasteiger partial charge in [0.25, 0.3) is 0 Å². The summed E-state index contributed by atoms with van der Waals surface area (Å²) in [6, 6.07) is 8.67. The molecule has 0 amide bonds. The number of carbonyl (C=O) groups excluding carboxylic acids is 2. The normalized spacial score (nSPS) is 18.9. The van der Waals surface area contributed by atoms with Crippen molar-refractivity contribution in [1.29, 1.82) is 5.26 Å². The largest absolute Gasteiger partial charge is 0.367 e. The summed E-state index contributed by atoms with van der Waals surface area (Å²) in [5, 5.41) is 9.30. The number of Topliss-reactive ketones (excluding diaryl/α,β-unsaturated/α-hetero) is 2. The summed E-state index contributed by atoms with van der Waals surface area (Å²) in [6.07, 6.45) is 3.11. The molecule has 0 aromatic heterocycles.